The third-order valence-electron chi connectivity index (χ3n) is 2.41. The van der Waals surface area contributed by atoms with Gasteiger partial charge in [0.05, 0.1) is 19.4 Å². The van der Waals surface area contributed by atoms with Crippen LogP contribution in [0.5, 0.6) is 0 Å². The predicted molar refractivity (Wildman–Crippen MR) is 78.6 cm³/mol. The molecule has 0 bridgehead atoms. The first kappa shape index (κ1) is 27.2. The summed E-state index contributed by atoms with van der Waals surface area (Å²) in [6.45, 7) is 3.04. The molecule has 12 nitrogen and oxygen atoms in total. The van der Waals surface area contributed by atoms with Gasteiger partial charge in [-0.15, -0.1) is 0 Å². The van der Waals surface area contributed by atoms with Gasteiger partial charge < -0.3 is 45.3 Å². The number of hydrogen-bond acceptors (Lipinski definition) is 6. The summed E-state index contributed by atoms with van der Waals surface area (Å²) in [6.07, 6.45) is -1.54. The Hall–Kier alpha value is 0.330. The van der Waals surface area contributed by atoms with Gasteiger partial charge >= 0.3 is 22.8 Å². The Kier molecular flexibility index (Phi) is 11.8. The van der Waals surface area contributed by atoms with E-state index in [-0.39, 0.29) is 24.2 Å². The van der Waals surface area contributed by atoms with E-state index >= 15 is 0 Å². The lowest BCUT2D eigenvalue weighted by molar-refractivity contribution is 0.218. The molecule has 0 atom stereocenters. The fourth-order valence-electron chi connectivity index (χ4n) is 1.32. The smallest absolute Gasteiger partial charge is 0.357 e. The molecule has 0 unspecified atom stereocenters. The Bertz CT molecular complexity index is 425. The Morgan fingerprint density at radius 3 is 1.45 bits per heavy atom. The summed E-state index contributed by atoms with van der Waals surface area (Å²) >= 11 is 0. The number of rotatable bonds is 9. The second-order valence-electron chi connectivity index (χ2n) is 3.89. The molecule has 15 heteroatoms. The van der Waals surface area contributed by atoms with Gasteiger partial charge in [-0.25, -0.2) is 0 Å². The summed E-state index contributed by atoms with van der Waals surface area (Å²) < 4.78 is 44.3. The zero-order chi connectivity index (χ0) is 16.2. The van der Waals surface area contributed by atoms with E-state index in [1.54, 1.807) is 0 Å². The molecular weight excluding hydrogens is 367 g/mol. The molecule has 0 saturated heterocycles. The standard InChI is InChI=1S/C7H20NO9P3.2H2O/c1-3-16-18(9,17-4-2)6-5-7(8,19(10,11)12)20(13,14)15;;/h3-6,8H2,1-2H3,(H2,10,11,12)(H2,13,14,15);2*1H2. The molecule has 0 aromatic heterocycles. The summed E-state index contributed by atoms with van der Waals surface area (Å²) in [7, 11) is -14.4. The monoisotopic (exact) mass is 391 g/mol. The molecule has 0 aromatic carbocycles. The van der Waals surface area contributed by atoms with Gasteiger partial charge in [0.25, 0.3) is 0 Å². The lowest BCUT2D eigenvalue weighted by Gasteiger charge is -2.31. The Morgan fingerprint density at radius 1 is 0.909 bits per heavy atom. The molecule has 0 amide bonds. The van der Waals surface area contributed by atoms with E-state index in [0.29, 0.717) is 0 Å². The highest BCUT2D eigenvalue weighted by Gasteiger charge is 2.57. The van der Waals surface area contributed by atoms with Gasteiger partial charge in [-0.05, 0) is 13.8 Å². The first-order chi connectivity index (χ1) is 8.83. The SMILES string of the molecule is CCOP(=O)(CCC(N)(P(=O)(O)O)P(=O)(O)O)OCC.O.O. The fraction of sp³-hybridized carbons (Fsp3) is 1.00. The topological polar surface area (TPSA) is 240 Å². The summed E-state index contributed by atoms with van der Waals surface area (Å²) in [4.78, 5) is 36.2. The highest BCUT2D eigenvalue weighted by molar-refractivity contribution is 7.72. The molecule has 0 saturated carbocycles. The van der Waals surface area contributed by atoms with Crippen molar-refractivity contribution in [2.45, 2.75) is 25.3 Å². The van der Waals surface area contributed by atoms with Gasteiger partial charge in [-0.3, -0.25) is 13.7 Å². The normalized spacial score (nSPS) is 13.2. The average Bonchev–Trinajstić information content (AvgIpc) is 2.23. The zero-order valence-electron chi connectivity index (χ0n) is 12.1. The minimum absolute atomic E-state index is 0. The molecule has 0 aliphatic heterocycles. The van der Waals surface area contributed by atoms with Crippen LogP contribution in [0.2, 0.25) is 0 Å². The molecule has 0 fully saturated rings. The van der Waals surface area contributed by atoms with Crippen molar-refractivity contribution in [3.05, 3.63) is 0 Å². The Morgan fingerprint density at radius 2 is 1.23 bits per heavy atom. The molecular formula is C7H24NO11P3. The second kappa shape index (κ2) is 9.58. The van der Waals surface area contributed by atoms with Crippen molar-refractivity contribution in [1.29, 1.82) is 0 Å². The van der Waals surface area contributed by atoms with Crippen molar-refractivity contribution >= 4 is 22.8 Å². The number of nitrogens with two attached hydrogens (primary N) is 1. The lowest BCUT2D eigenvalue weighted by Crippen LogP contribution is -2.40. The quantitative estimate of drug-likeness (QED) is 0.299. The second-order valence-corrected chi connectivity index (χ2v) is 10.2. The minimum Gasteiger partial charge on any atom is -0.412 e. The minimum atomic E-state index is -5.35. The van der Waals surface area contributed by atoms with E-state index in [0.717, 1.165) is 0 Å². The number of hydrogen-bond donors (Lipinski definition) is 5. The highest BCUT2D eigenvalue weighted by atomic mass is 31.2. The zero-order valence-corrected chi connectivity index (χ0v) is 14.8. The Balaban J connectivity index is -0.00000180. The van der Waals surface area contributed by atoms with Gasteiger partial charge in [-0.2, -0.15) is 0 Å². The van der Waals surface area contributed by atoms with Gasteiger partial charge in [0.15, 0.2) is 0 Å². The predicted octanol–water partition coefficient (Wildman–Crippen LogP) is -1.04. The van der Waals surface area contributed by atoms with E-state index in [9.17, 15) is 13.7 Å². The first-order valence-corrected chi connectivity index (χ1v) is 10.6. The van der Waals surface area contributed by atoms with Crippen molar-refractivity contribution < 1.29 is 53.3 Å². The summed E-state index contributed by atoms with van der Waals surface area (Å²) in [5.41, 5.74) is 5.19. The summed E-state index contributed by atoms with van der Waals surface area (Å²) in [6, 6.07) is 0. The average molecular weight is 391 g/mol. The van der Waals surface area contributed by atoms with Crippen LogP contribution in [-0.2, 0) is 22.7 Å². The van der Waals surface area contributed by atoms with Crippen LogP contribution in [0.4, 0.5) is 0 Å². The van der Waals surface area contributed by atoms with Crippen LogP contribution in [-0.4, -0.2) is 54.9 Å². The fourth-order valence-corrected chi connectivity index (χ4v) is 5.58. The molecule has 0 heterocycles. The van der Waals surface area contributed by atoms with Crippen LogP contribution in [0.25, 0.3) is 0 Å². The molecule has 0 aliphatic carbocycles. The van der Waals surface area contributed by atoms with Crippen LogP contribution in [0, 0.1) is 0 Å². The van der Waals surface area contributed by atoms with Crippen molar-refractivity contribution in [2.24, 2.45) is 5.73 Å². The van der Waals surface area contributed by atoms with Crippen LogP contribution < -0.4 is 5.73 Å². The maximum Gasteiger partial charge on any atom is 0.357 e. The third kappa shape index (κ3) is 6.84. The summed E-state index contributed by atoms with van der Waals surface area (Å²) in [5.74, 6) is 0. The molecule has 0 spiro atoms. The largest absolute Gasteiger partial charge is 0.412 e. The first-order valence-electron chi connectivity index (χ1n) is 5.61. The van der Waals surface area contributed by atoms with Crippen molar-refractivity contribution in [1.82, 2.24) is 0 Å². The van der Waals surface area contributed by atoms with E-state index < -0.39 is 40.4 Å². The van der Waals surface area contributed by atoms with E-state index in [2.05, 4.69) is 0 Å². The molecule has 10 N–H and O–H groups in total. The lowest BCUT2D eigenvalue weighted by atomic mass is 10.5. The molecule has 0 radical (unpaired) electrons. The van der Waals surface area contributed by atoms with Crippen molar-refractivity contribution in [3.8, 4) is 0 Å². The highest BCUT2D eigenvalue weighted by Crippen LogP contribution is 2.68. The van der Waals surface area contributed by atoms with Crippen LogP contribution in [0.3, 0.4) is 0 Å². The van der Waals surface area contributed by atoms with Gasteiger partial charge in [0, 0.05) is 6.42 Å². The molecule has 0 rings (SSSR count). The van der Waals surface area contributed by atoms with Gasteiger partial charge in [0.1, 0.15) is 0 Å². The molecule has 0 aliphatic rings. The molecule has 0 aromatic rings. The summed E-state index contributed by atoms with van der Waals surface area (Å²) in [5, 5.41) is -3.12. The van der Waals surface area contributed by atoms with Crippen LogP contribution >= 0.6 is 22.8 Å². The van der Waals surface area contributed by atoms with E-state index in [1.165, 1.54) is 13.8 Å². The Labute approximate surface area is 127 Å². The van der Waals surface area contributed by atoms with Gasteiger partial charge in [-0.1, -0.05) is 0 Å². The van der Waals surface area contributed by atoms with Crippen molar-refractivity contribution in [3.63, 3.8) is 0 Å². The van der Waals surface area contributed by atoms with E-state index in [1.807, 2.05) is 0 Å². The maximum atomic E-state index is 12.1. The van der Waals surface area contributed by atoms with Crippen LogP contribution in [0.1, 0.15) is 20.3 Å². The van der Waals surface area contributed by atoms with E-state index in [4.69, 9.17) is 34.4 Å². The van der Waals surface area contributed by atoms with Gasteiger partial charge in [0.2, 0.25) is 5.02 Å². The van der Waals surface area contributed by atoms with Crippen molar-refractivity contribution in [2.75, 3.05) is 19.4 Å². The molecule has 22 heavy (non-hydrogen) atoms. The van der Waals surface area contributed by atoms with Crippen LogP contribution in [0.15, 0.2) is 0 Å². The molecule has 138 valence electrons. The third-order valence-corrected chi connectivity index (χ3v) is 8.52. The maximum absolute atomic E-state index is 12.1.